The first-order chi connectivity index (χ1) is 11.9. The van der Waals surface area contributed by atoms with E-state index in [0.29, 0.717) is 12.1 Å². The lowest BCUT2D eigenvalue weighted by Crippen LogP contribution is -2.37. The summed E-state index contributed by atoms with van der Waals surface area (Å²) in [7, 11) is 1.78. The van der Waals surface area contributed by atoms with Gasteiger partial charge in [0.05, 0.1) is 6.54 Å². The maximum Gasteiger partial charge on any atom is 0.234 e. The Morgan fingerprint density at radius 2 is 1.88 bits per heavy atom. The third kappa shape index (κ3) is 5.36. The first-order valence-corrected chi connectivity index (χ1v) is 8.35. The molecule has 0 saturated carbocycles. The van der Waals surface area contributed by atoms with Crippen LogP contribution >= 0.6 is 0 Å². The molecular formula is C20H24F2N2O. The van der Waals surface area contributed by atoms with E-state index in [1.807, 2.05) is 19.1 Å². The maximum absolute atomic E-state index is 13.4. The first kappa shape index (κ1) is 19.1. The van der Waals surface area contributed by atoms with Gasteiger partial charge in [-0.05, 0) is 56.1 Å². The Balaban J connectivity index is 1.83. The van der Waals surface area contributed by atoms with Crippen LogP contribution in [0.25, 0.3) is 0 Å². The van der Waals surface area contributed by atoms with Crippen LogP contribution in [0.2, 0.25) is 0 Å². The Bertz CT molecular complexity index is 733. The Hall–Kier alpha value is -2.27. The minimum absolute atomic E-state index is 0.0921. The van der Waals surface area contributed by atoms with Crippen LogP contribution in [0.15, 0.2) is 42.5 Å². The van der Waals surface area contributed by atoms with E-state index < -0.39 is 11.6 Å². The number of benzene rings is 2. The molecule has 3 nitrogen and oxygen atoms in total. The number of aryl methyl sites for hydroxylation is 1. The molecule has 0 aliphatic rings. The summed E-state index contributed by atoms with van der Waals surface area (Å²) >= 11 is 0. The fourth-order valence-electron chi connectivity index (χ4n) is 2.67. The van der Waals surface area contributed by atoms with Crippen molar-refractivity contribution in [3.05, 3.63) is 70.8 Å². The average Bonchev–Trinajstić information content (AvgIpc) is 2.58. The molecular weight excluding hydrogens is 322 g/mol. The molecule has 0 radical (unpaired) electrons. The van der Waals surface area contributed by atoms with E-state index in [-0.39, 0.29) is 18.5 Å². The topological polar surface area (TPSA) is 32.3 Å². The number of carbonyl (C=O) groups is 1. The van der Waals surface area contributed by atoms with Gasteiger partial charge >= 0.3 is 0 Å². The zero-order valence-electron chi connectivity index (χ0n) is 14.9. The third-order valence-corrected chi connectivity index (χ3v) is 4.46. The highest BCUT2D eigenvalue weighted by Gasteiger charge is 2.16. The number of amides is 1. The summed E-state index contributed by atoms with van der Waals surface area (Å²) in [6.07, 6.45) is 0.779. The highest BCUT2D eigenvalue weighted by atomic mass is 19.2. The number of nitrogens with one attached hydrogen (secondary N) is 1. The fraction of sp³-hybridized carbons (Fsp3) is 0.350. The summed E-state index contributed by atoms with van der Waals surface area (Å²) in [6.45, 7) is 4.66. The highest BCUT2D eigenvalue weighted by Crippen LogP contribution is 2.20. The summed E-state index contributed by atoms with van der Waals surface area (Å²) in [4.78, 5) is 13.9. The van der Waals surface area contributed by atoms with Crippen molar-refractivity contribution in [2.45, 2.75) is 26.3 Å². The van der Waals surface area contributed by atoms with E-state index in [4.69, 9.17) is 0 Å². The standard InChI is InChI=1S/C20H24F2N2O/c1-14-6-4-5-7-16(14)10-11-23-20(25)13-24(3)15(2)17-8-9-18(21)19(22)12-17/h4-9,12,15H,10-11,13H2,1-3H3,(H,23,25). The number of likely N-dealkylation sites (N-methyl/N-ethyl adjacent to an activating group) is 1. The minimum atomic E-state index is -0.875. The summed E-state index contributed by atoms with van der Waals surface area (Å²) in [6, 6.07) is 11.7. The zero-order chi connectivity index (χ0) is 18.4. The molecule has 2 rings (SSSR count). The van der Waals surface area contributed by atoms with Crippen molar-refractivity contribution in [2.75, 3.05) is 20.1 Å². The second-order valence-electron chi connectivity index (χ2n) is 6.29. The van der Waals surface area contributed by atoms with Gasteiger partial charge in [0.2, 0.25) is 5.91 Å². The predicted octanol–water partition coefficient (Wildman–Crippen LogP) is 3.62. The van der Waals surface area contributed by atoms with Crippen molar-refractivity contribution < 1.29 is 13.6 Å². The summed E-state index contributed by atoms with van der Waals surface area (Å²) < 4.78 is 26.4. The van der Waals surface area contributed by atoms with Crippen LogP contribution in [0.4, 0.5) is 8.78 Å². The van der Waals surface area contributed by atoms with Crippen LogP contribution in [-0.2, 0) is 11.2 Å². The van der Waals surface area contributed by atoms with E-state index in [1.54, 1.807) is 11.9 Å². The molecule has 0 aliphatic carbocycles. The normalized spacial score (nSPS) is 12.2. The van der Waals surface area contributed by atoms with Crippen LogP contribution in [0, 0.1) is 18.6 Å². The van der Waals surface area contributed by atoms with Gasteiger partial charge in [0, 0.05) is 12.6 Å². The van der Waals surface area contributed by atoms with Crippen LogP contribution in [-0.4, -0.2) is 30.9 Å². The van der Waals surface area contributed by atoms with Crippen LogP contribution in [0.5, 0.6) is 0 Å². The van der Waals surface area contributed by atoms with Gasteiger partial charge in [-0.3, -0.25) is 9.69 Å². The van der Waals surface area contributed by atoms with Crippen molar-refractivity contribution >= 4 is 5.91 Å². The van der Waals surface area contributed by atoms with E-state index in [1.165, 1.54) is 23.3 Å². The first-order valence-electron chi connectivity index (χ1n) is 8.35. The molecule has 0 saturated heterocycles. The van der Waals surface area contributed by atoms with Crippen molar-refractivity contribution in [1.29, 1.82) is 0 Å². The largest absolute Gasteiger partial charge is 0.355 e. The molecule has 1 N–H and O–H groups in total. The molecule has 1 unspecified atom stereocenters. The molecule has 0 fully saturated rings. The van der Waals surface area contributed by atoms with Gasteiger partial charge in [0.25, 0.3) is 0 Å². The zero-order valence-corrected chi connectivity index (χ0v) is 14.9. The smallest absolute Gasteiger partial charge is 0.234 e. The maximum atomic E-state index is 13.4. The van der Waals surface area contributed by atoms with Crippen LogP contribution in [0.3, 0.4) is 0 Å². The van der Waals surface area contributed by atoms with E-state index in [2.05, 4.69) is 24.4 Å². The number of halogens is 2. The van der Waals surface area contributed by atoms with Crippen molar-refractivity contribution in [3.63, 3.8) is 0 Å². The van der Waals surface area contributed by atoms with Gasteiger partial charge < -0.3 is 5.32 Å². The number of hydrogen-bond acceptors (Lipinski definition) is 2. The van der Waals surface area contributed by atoms with Gasteiger partial charge in [-0.15, -0.1) is 0 Å². The number of carbonyl (C=O) groups excluding carboxylic acids is 1. The van der Waals surface area contributed by atoms with Crippen molar-refractivity contribution in [1.82, 2.24) is 10.2 Å². The highest BCUT2D eigenvalue weighted by molar-refractivity contribution is 5.78. The Labute approximate surface area is 147 Å². The van der Waals surface area contributed by atoms with Gasteiger partial charge in [0.1, 0.15) is 0 Å². The molecule has 1 atom stereocenters. The lowest BCUT2D eigenvalue weighted by Gasteiger charge is -2.24. The monoisotopic (exact) mass is 346 g/mol. The molecule has 134 valence electrons. The average molecular weight is 346 g/mol. The molecule has 25 heavy (non-hydrogen) atoms. The van der Waals surface area contributed by atoms with Gasteiger partial charge in [-0.25, -0.2) is 8.78 Å². The Kier molecular flexibility index (Phi) is 6.65. The second kappa shape index (κ2) is 8.72. The lowest BCUT2D eigenvalue weighted by molar-refractivity contribution is -0.122. The van der Waals surface area contributed by atoms with E-state index >= 15 is 0 Å². The van der Waals surface area contributed by atoms with Gasteiger partial charge in [-0.1, -0.05) is 30.3 Å². The van der Waals surface area contributed by atoms with E-state index in [0.717, 1.165) is 12.5 Å². The Morgan fingerprint density at radius 3 is 2.56 bits per heavy atom. The Morgan fingerprint density at radius 1 is 1.16 bits per heavy atom. The second-order valence-corrected chi connectivity index (χ2v) is 6.29. The molecule has 2 aromatic carbocycles. The minimum Gasteiger partial charge on any atom is -0.355 e. The molecule has 5 heteroatoms. The molecule has 0 aliphatic heterocycles. The molecule has 0 bridgehead atoms. The number of hydrogen-bond donors (Lipinski definition) is 1. The lowest BCUT2D eigenvalue weighted by atomic mass is 10.1. The fourth-order valence-corrected chi connectivity index (χ4v) is 2.67. The van der Waals surface area contributed by atoms with Crippen LogP contribution < -0.4 is 5.32 Å². The molecule has 1 amide bonds. The molecule has 0 heterocycles. The molecule has 0 aromatic heterocycles. The SMILES string of the molecule is Cc1ccccc1CCNC(=O)CN(C)C(C)c1ccc(F)c(F)c1. The van der Waals surface area contributed by atoms with Gasteiger partial charge in [0.15, 0.2) is 11.6 Å². The summed E-state index contributed by atoms with van der Waals surface area (Å²) in [5.41, 5.74) is 3.06. The van der Waals surface area contributed by atoms with Crippen molar-refractivity contribution in [3.8, 4) is 0 Å². The number of rotatable bonds is 7. The number of nitrogens with zero attached hydrogens (tertiary/aromatic N) is 1. The third-order valence-electron chi connectivity index (χ3n) is 4.46. The van der Waals surface area contributed by atoms with Gasteiger partial charge in [-0.2, -0.15) is 0 Å². The quantitative estimate of drug-likeness (QED) is 0.830. The predicted molar refractivity (Wildman–Crippen MR) is 95.3 cm³/mol. The molecule has 2 aromatic rings. The molecule has 0 spiro atoms. The summed E-state index contributed by atoms with van der Waals surface area (Å²) in [5.74, 6) is -1.83. The van der Waals surface area contributed by atoms with E-state index in [9.17, 15) is 13.6 Å². The summed E-state index contributed by atoms with van der Waals surface area (Å²) in [5, 5.41) is 2.90. The van der Waals surface area contributed by atoms with Crippen molar-refractivity contribution in [2.24, 2.45) is 0 Å². The van der Waals surface area contributed by atoms with Crippen LogP contribution in [0.1, 0.15) is 29.7 Å².